The molecule has 1 saturated carbocycles. The zero-order chi connectivity index (χ0) is 16.1. The number of ether oxygens (including phenoxy) is 1. The summed E-state index contributed by atoms with van der Waals surface area (Å²) in [6, 6.07) is 13.2. The summed E-state index contributed by atoms with van der Waals surface area (Å²) in [5.41, 5.74) is 0.669. The number of aromatic nitrogens is 1. The molecule has 0 N–H and O–H groups in total. The van der Waals surface area contributed by atoms with Crippen molar-refractivity contribution in [2.75, 3.05) is 12.0 Å². The highest BCUT2D eigenvalue weighted by Crippen LogP contribution is 2.28. The molecule has 1 aliphatic carbocycles. The molecule has 3 rings (SSSR count). The van der Waals surface area contributed by atoms with Gasteiger partial charge in [-0.2, -0.15) is 0 Å². The van der Waals surface area contributed by atoms with E-state index in [2.05, 4.69) is 4.98 Å². The smallest absolute Gasteiger partial charge is 0.259 e. The molecule has 1 aromatic carbocycles. The zero-order valence-electron chi connectivity index (χ0n) is 13.4. The lowest BCUT2D eigenvalue weighted by atomic mass is 9.93. The molecule has 0 spiro atoms. The summed E-state index contributed by atoms with van der Waals surface area (Å²) in [7, 11) is 1.62. The number of amides is 1. The highest BCUT2D eigenvalue weighted by molar-refractivity contribution is 6.06. The number of benzene rings is 1. The Balaban J connectivity index is 1.91. The predicted octanol–water partition coefficient (Wildman–Crippen LogP) is 4.07. The molecule has 1 amide bonds. The minimum absolute atomic E-state index is 0.0123. The monoisotopic (exact) mass is 310 g/mol. The van der Waals surface area contributed by atoms with E-state index in [0.717, 1.165) is 24.4 Å². The van der Waals surface area contributed by atoms with Crippen LogP contribution < -0.4 is 9.64 Å². The number of nitrogens with zero attached hydrogens (tertiary/aromatic N) is 2. The summed E-state index contributed by atoms with van der Waals surface area (Å²) in [6.07, 6.45) is 7.42. The van der Waals surface area contributed by atoms with Crippen LogP contribution in [-0.2, 0) is 0 Å². The Morgan fingerprint density at radius 1 is 1.09 bits per heavy atom. The lowest BCUT2D eigenvalue weighted by molar-refractivity contribution is 0.0969. The second-order valence-electron chi connectivity index (χ2n) is 5.88. The Morgan fingerprint density at radius 2 is 1.83 bits per heavy atom. The topological polar surface area (TPSA) is 42.4 Å². The molecule has 1 heterocycles. The number of methoxy groups -OCH3 is 1. The van der Waals surface area contributed by atoms with Crippen molar-refractivity contribution in [2.24, 2.45) is 0 Å². The quantitative estimate of drug-likeness (QED) is 0.855. The molecule has 4 heteroatoms. The van der Waals surface area contributed by atoms with Crippen molar-refractivity contribution in [1.29, 1.82) is 0 Å². The Bertz CT molecular complexity index is 634. The third-order valence-corrected chi connectivity index (χ3v) is 4.39. The van der Waals surface area contributed by atoms with Crippen molar-refractivity contribution in [2.45, 2.75) is 38.1 Å². The van der Waals surface area contributed by atoms with Crippen LogP contribution in [0.15, 0.2) is 48.7 Å². The standard InChI is InChI=1S/C19H22N2O2/c1-23-17-12-10-15(11-13-17)19(22)21(16-7-3-2-4-8-16)18-9-5-6-14-20-18/h5-6,9-14,16H,2-4,7-8H2,1H3. The van der Waals surface area contributed by atoms with E-state index in [9.17, 15) is 4.79 Å². The first-order valence-corrected chi connectivity index (χ1v) is 8.18. The third kappa shape index (κ3) is 3.52. The molecule has 0 atom stereocenters. The van der Waals surface area contributed by atoms with Gasteiger partial charge < -0.3 is 4.74 Å². The van der Waals surface area contributed by atoms with Gasteiger partial charge in [-0.1, -0.05) is 25.3 Å². The van der Waals surface area contributed by atoms with E-state index in [1.165, 1.54) is 19.3 Å². The molecular weight excluding hydrogens is 288 g/mol. The largest absolute Gasteiger partial charge is 0.497 e. The molecule has 0 aliphatic heterocycles. The summed E-state index contributed by atoms with van der Waals surface area (Å²) in [6.45, 7) is 0. The van der Waals surface area contributed by atoms with Gasteiger partial charge in [0, 0.05) is 17.8 Å². The first-order valence-electron chi connectivity index (χ1n) is 8.18. The van der Waals surface area contributed by atoms with Crippen LogP contribution in [0.3, 0.4) is 0 Å². The molecule has 0 saturated heterocycles. The number of hydrogen-bond acceptors (Lipinski definition) is 3. The van der Waals surface area contributed by atoms with Gasteiger partial charge in [-0.25, -0.2) is 4.98 Å². The van der Waals surface area contributed by atoms with E-state index < -0.39 is 0 Å². The maximum absolute atomic E-state index is 13.1. The molecule has 1 fully saturated rings. The van der Waals surface area contributed by atoms with Crippen LogP contribution in [0.4, 0.5) is 5.82 Å². The minimum Gasteiger partial charge on any atom is -0.497 e. The van der Waals surface area contributed by atoms with E-state index in [4.69, 9.17) is 4.74 Å². The summed E-state index contributed by atoms with van der Waals surface area (Å²) >= 11 is 0. The number of pyridine rings is 1. The molecule has 0 bridgehead atoms. The van der Waals surface area contributed by atoms with E-state index in [1.54, 1.807) is 13.3 Å². The minimum atomic E-state index is 0.0123. The van der Waals surface area contributed by atoms with Crippen LogP contribution in [0.25, 0.3) is 0 Å². The Morgan fingerprint density at radius 3 is 2.43 bits per heavy atom. The van der Waals surface area contributed by atoms with Gasteiger partial charge in [0.25, 0.3) is 5.91 Å². The van der Waals surface area contributed by atoms with Crippen molar-refractivity contribution in [3.63, 3.8) is 0 Å². The van der Waals surface area contributed by atoms with Gasteiger partial charge in [-0.3, -0.25) is 9.69 Å². The van der Waals surface area contributed by atoms with Gasteiger partial charge >= 0.3 is 0 Å². The van der Waals surface area contributed by atoms with Crippen molar-refractivity contribution in [3.05, 3.63) is 54.2 Å². The van der Waals surface area contributed by atoms with Crippen LogP contribution >= 0.6 is 0 Å². The molecule has 2 aromatic rings. The molecule has 0 unspecified atom stereocenters. The number of carbonyl (C=O) groups is 1. The average molecular weight is 310 g/mol. The number of hydrogen-bond donors (Lipinski definition) is 0. The van der Waals surface area contributed by atoms with E-state index in [-0.39, 0.29) is 11.9 Å². The zero-order valence-corrected chi connectivity index (χ0v) is 13.4. The molecule has 1 aliphatic rings. The van der Waals surface area contributed by atoms with Gasteiger partial charge in [0.15, 0.2) is 0 Å². The van der Waals surface area contributed by atoms with E-state index >= 15 is 0 Å². The number of anilines is 1. The first kappa shape index (κ1) is 15.5. The van der Waals surface area contributed by atoms with Crippen LogP contribution in [0.2, 0.25) is 0 Å². The molecule has 23 heavy (non-hydrogen) atoms. The fourth-order valence-electron chi connectivity index (χ4n) is 3.17. The molecule has 1 aromatic heterocycles. The SMILES string of the molecule is COc1ccc(C(=O)N(c2ccccn2)C2CCCCC2)cc1. The highest BCUT2D eigenvalue weighted by Gasteiger charge is 2.28. The fourth-order valence-corrected chi connectivity index (χ4v) is 3.17. The summed E-state index contributed by atoms with van der Waals surface area (Å²) in [5.74, 6) is 1.50. The molecule has 4 nitrogen and oxygen atoms in total. The Kier molecular flexibility index (Phi) is 4.91. The van der Waals surface area contributed by atoms with Crippen LogP contribution in [0, 0.1) is 0 Å². The second-order valence-corrected chi connectivity index (χ2v) is 5.88. The summed E-state index contributed by atoms with van der Waals surface area (Å²) in [5, 5.41) is 0. The van der Waals surface area contributed by atoms with Gasteiger partial charge in [0.1, 0.15) is 11.6 Å². The summed E-state index contributed by atoms with van der Waals surface area (Å²) < 4.78 is 5.17. The fraction of sp³-hybridized carbons (Fsp3) is 0.368. The Hall–Kier alpha value is -2.36. The average Bonchev–Trinajstić information content (AvgIpc) is 2.64. The van der Waals surface area contributed by atoms with Crippen molar-refractivity contribution < 1.29 is 9.53 Å². The normalized spacial score (nSPS) is 15.2. The number of carbonyl (C=O) groups excluding carboxylic acids is 1. The van der Waals surface area contributed by atoms with Gasteiger partial charge in [0.2, 0.25) is 0 Å². The lowest BCUT2D eigenvalue weighted by Crippen LogP contribution is -2.42. The van der Waals surface area contributed by atoms with Crippen LogP contribution in [-0.4, -0.2) is 24.0 Å². The molecular formula is C19H22N2O2. The van der Waals surface area contributed by atoms with Crippen LogP contribution in [0.5, 0.6) is 5.75 Å². The predicted molar refractivity (Wildman–Crippen MR) is 90.9 cm³/mol. The van der Waals surface area contributed by atoms with Crippen molar-refractivity contribution in [3.8, 4) is 5.75 Å². The molecule has 120 valence electrons. The first-order chi connectivity index (χ1) is 11.3. The highest BCUT2D eigenvalue weighted by atomic mass is 16.5. The van der Waals surface area contributed by atoms with E-state index in [0.29, 0.717) is 5.56 Å². The van der Waals surface area contributed by atoms with Crippen molar-refractivity contribution >= 4 is 11.7 Å². The lowest BCUT2D eigenvalue weighted by Gasteiger charge is -2.33. The van der Waals surface area contributed by atoms with E-state index in [1.807, 2.05) is 47.4 Å². The maximum Gasteiger partial charge on any atom is 0.259 e. The summed E-state index contributed by atoms with van der Waals surface area (Å²) in [4.78, 5) is 19.4. The third-order valence-electron chi connectivity index (χ3n) is 4.39. The maximum atomic E-state index is 13.1. The second kappa shape index (κ2) is 7.27. The number of rotatable bonds is 4. The Labute approximate surface area is 137 Å². The van der Waals surface area contributed by atoms with Crippen LogP contribution in [0.1, 0.15) is 42.5 Å². The van der Waals surface area contributed by atoms with Gasteiger partial charge in [-0.15, -0.1) is 0 Å². The van der Waals surface area contributed by atoms with Gasteiger partial charge in [-0.05, 0) is 49.2 Å². The molecule has 0 radical (unpaired) electrons. The van der Waals surface area contributed by atoms with Gasteiger partial charge in [0.05, 0.1) is 7.11 Å². The van der Waals surface area contributed by atoms with Crippen molar-refractivity contribution in [1.82, 2.24) is 4.98 Å².